The standard InChI is InChI=1S/C68H60O16/c69-62(49-31-15-4-16-32-49)80-57-55(79-68(84-66(73)53-39-23-8-24-40-53)61(83-65(72)52-37-21-7-22-38-52)59(57)81-63(70)50-33-17-5-18-34-50)45-77-67-60(82-64(71)51-35-19-6-20-36-51)58(76-43-48-29-13-3-14-30-48)56(75-42-47-27-11-2-12-28-47)54(78-67)44-74-41-46-25-9-1-10-26-46/h1-40,54-61,67-68H,41-45H2/t54-,55-,56-,57-,58+,59+,60-,61-,67-,68-/m1/s1. The number of hydrogen-bond donors (Lipinski definition) is 0. The second kappa shape index (κ2) is 29.2. The summed E-state index contributed by atoms with van der Waals surface area (Å²) in [6.45, 7) is -0.415. The van der Waals surface area contributed by atoms with Crippen LogP contribution in [-0.4, -0.2) is 104 Å². The van der Waals surface area contributed by atoms with Crippen LogP contribution in [0, 0.1) is 0 Å². The number of rotatable bonds is 23. The highest BCUT2D eigenvalue weighted by molar-refractivity contribution is 5.92. The average Bonchev–Trinajstić information content (AvgIpc) is 3.11. The second-order valence-electron chi connectivity index (χ2n) is 19.7. The van der Waals surface area contributed by atoms with Crippen LogP contribution in [-0.2, 0) is 71.9 Å². The minimum absolute atomic E-state index is 0.0235. The number of carbonyl (C=O) groups is 5. The third kappa shape index (κ3) is 15.5. The zero-order valence-electron chi connectivity index (χ0n) is 45.4. The van der Waals surface area contributed by atoms with Gasteiger partial charge in [-0.3, -0.25) is 0 Å². The fourth-order valence-corrected chi connectivity index (χ4v) is 9.57. The summed E-state index contributed by atoms with van der Waals surface area (Å²) in [6.07, 6.45) is -14.9. The molecular formula is C68H60O16. The Balaban J connectivity index is 1.06. The lowest BCUT2D eigenvalue weighted by Gasteiger charge is -2.47. The first kappa shape index (κ1) is 58.1. The van der Waals surface area contributed by atoms with Gasteiger partial charge in [0.15, 0.2) is 24.6 Å². The molecule has 10 atom stereocenters. The van der Waals surface area contributed by atoms with Gasteiger partial charge in [-0.25, -0.2) is 24.0 Å². The summed E-state index contributed by atoms with van der Waals surface area (Å²) in [4.78, 5) is 71.8. The number of carbonyl (C=O) groups excluding carboxylic acids is 5. The Hall–Kier alpha value is -9.13. The van der Waals surface area contributed by atoms with Crippen LogP contribution in [0.3, 0.4) is 0 Å². The summed E-state index contributed by atoms with van der Waals surface area (Å²) in [6, 6.07) is 68.8. The summed E-state index contributed by atoms with van der Waals surface area (Å²) < 4.78 is 72.0. The first-order valence-corrected chi connectivity index (χ1v) is 27.4. The fraction of sp³-hybridized carbons (Fsp3) is 0.221. The molecule has 16 nitrogen and oxygen atoms in total. The quantitative estimate of drug-likeness (QED) is 0.0434. The number of ether oxygens (including phenoxy) is 11. The Morgan fingerprint density at radius 1 is 0.274 bits per heavy atom. The summed E-state index contributed by atoms with van der Waals surface area (Å²) in [7, 11) is 0. The molecule has 16 heteroatoms. The lowest BCUT2D eigenvalue weighted by Crippen LogP contribution is -2.65. The second-order valence-corrected chi connectivity index (χ2v) is 19.7. The topological polar surface area (TPSA) is 187 Å². The lowest BCUT2D eigenvalue weighted by atomic mass is 9.96. The zero-order valence-corrected chi connectivity index (χ0v) is 45.4. The molecule has 8 aromatic carbocycles. The van der Waals surface area contributed by atoms with Gasteiger partial charge in [0.25, 0.3) is 0 Å². The van der Waals surface area contributed by atoms with Gasteiger partial charge >= 0.3 is 29.8 Å². The molecule has 0 aromatic heterocycles. The molecule has 2 aliphatic heterocycles. The first-order chi connectivity index (χ1) is 41.2. The predicted molar refractivity (Wildman–Crippen MR) is 304 cm³/mol. The third-order valence-corrected chi connectivity index (χ3v) is 13.8. The maximum atomic E-state index is 14.5. The molecule has 0 aliphatic carbocycles. The highest BCUT2D eigenvalue weighted by Crippen LogP contribution is 2.36. The van der Waals surface area contributed by atoms with E-state index < -0.39 is 97.9 Å². The molecule has 0 bridgehead atoms. The minimum Gasteiger partial charge on any atom is -0.452 e. The molecule has 0 saturated carbocycles. The van der Waals surface area contributed by atoms with Crippen LogP contribution in [0.2, 0.25) is 0 Å². The maximum Gasteiger partial charge on any atom is 0.340 e. The zero-order chi connectivity index (χ0) is 57.9. The molecule has 0 unspecified atom stereocenters. The molecule has 0 amide bonds. The van der Waals surface area contributed by atoms with Crippen LogP contribution in [0.25, 0.3) is 0 Å². The molecule has 0 N–H and O–H groups in total. The predicted octanol–water partition coefficient (Wildman–Crippen LogP) is 10.6. The van der Waals surface area contributed by atoms with E-state index in [1.54, 1.807) is 103 Å². The van der Waals surface area contributed by atoms with Gasteiger partial charge in [0, 0.05) is 0 Å². The van der Waals surface area contributed by atoms with Crippen molar-refractivity contribution in [2.75, 3.05) is 13.2 Å². The van der Waals surface area contributed by atoms with Crippen LogP contribution in [0.4, 0.5) is 0 Å². The molecule has 8 aromatic rings. The number of benzene rings is 8. The van der Waals surface area contributed by atoms with Crippen molar-refractivity contribution in [2.45, 2.75) is 81.2 Å². The van der Waals surface area contributed by atoms with E-state index in [9.17, 15) is 24.0 Å². The third-order valence-electron chi connectivity index (χ3n) is 13.8. The van der Waals surface area contributed by atoms with E-state index in [2.05, 4.69) is 0 Å². The van der Waals surface area contributed by atoms with Crippen LogP contribution in [0.15, 0.2) is 243 Å². The van der Waals surface area contributed by atoms with Crippen molar-refractivity contribution in [3.63, 3.8) is 0 Å². The molecule has 2 fully saturated rings. The van der Waals surface area contributed by atoms with Crippen molar-refractivity contribution in [2.24, 2.45) is 0 Å². The SMILES string of the molecule is O=C(O[C@H]1O[C@H](CO[C@@H]2O[C@H](COCc3ccccc3)[C@@H](OCc3ccccc3)[C@H](OCc3ccccc3)[C@H]2OC(=O)c2ccccc2)[C@@H](OC(=O)c2ccccc2)[C@H](OC(=O)c2ccccc2)[C@H]1OC(=O)c1ccccc1)c1ccccc1. The highest BCUT2D eigenvalue weighted by atomic mass is 16.8. The van der Waals surface area contributed by atoms with Crippen molar-refractivity contribution in [1.82, 2.24) is 0 Å². The van der Waals surface area contributed by atoms with Crippen molar-refractivity contribution >= 4 is 29.8 Å². The van der Waals surface area contributed by atoms with Crippen LogP contribution >= 0.6 is 0 Å². The van der Waals surface area contributed by atoms with Gasteiger partial charge < -0.3 is 52.1 Å². The molecule has 84 heavy (non-hydrogen) atoms. The van der Waals surface area contributed by atoms with E-state index in [1.807, 2.05) is 91.0 Å². The van der Waals surface area contributed by atoms with E-state index in [4.69, 9.17) is 52.1 Å². The van der Waals surface area contributed by atoms with Crippen LogP contribution in [0.5, 0.6) is 0 Å². The molecule has 2 aliphatic rings. The first-order valence-electron chi connectivity index (χ1n) is 27.4. The normalized spacial score (nSPS) is 21.9. The maximum absolute atomic E-state index is 14.5. The monoisotopic (exact) mass is 1130 g/mol. The van der Waals surface area contributed by atoms with E-state index in [0.29, 0.717) is 0 Å². The molecule has 2 saturated heterocycles. The lowest BCUT2D eigenvalue weighted by molar-refractivity contribution is -0.333. The van der Waals surface area contributed by atoms with Crippen molar-refractivity contribution in [1.29, 1.82) is 0 Å². The fourth-order valence-electron chi connectivity index (χ4n) is 9.57. The molecule has 2 heterocycles. The van der Waals surface area contributed by atoms with Crippen LogP contribution < -0.4 is 0 Å². The van der Waals surface area contributed by atoms with Crippen molar-refractivity contribution in [3.05, 3.63) is 287 Å². The van der Waals surface area contributed by atoms with E-state index in [0.717, 1.165) is 16.7 Å². The van der Waals surface area contributed by atoms with Gasteiger partial charge in [0.1, 0.15) is 24.4 Å². The van der Waals surface area contributed by atoms with Gasteiger partial charge in [-0.05, 0) is 77.4 Å². The molecule has 428 valence electrons. The molecule has 0 radical (unpaired) electrons. The van der Waals surface area contributed by atoms with Gasteiger partial charge in [0.2, 0.25) is 12.4 Å². The Bertz CT molecular complexity index is 3340. The van der Waals surface area contributed by atoms with Gasteiger partial charge in [-0.1, -0.05) is 182 Å². The highest BCUT2D eigenvalue weighted by Gasteiger charge is 2.56. The van der Waals surface area contributed by atoms with Crippen molar-refractivity contribution in [3.8, 4) is 0 Å². The van der Waals surface area contributed by atoms with Gasteiger partial charge in [-0.2, -0.15) is 0 Å². The van der Waals surface area contributed by atoms with E-state index in [1.165, 1.54) is 48.5 Å². The Kier molecular flexibility index (Phi) is 20.2. The number of esters is 5. The van der Waals surface area contributed by atoms with E-state index in [-0.39, 0.29) is 54.2 Å². The Labute approximate surface area is 485 Å². The largest absolute Gasteiger partial charge is 0.452 e. The number of hydrogen-bond acceptors (Lipinski definition) is 16. The van der Waals surface area contributed by atoms with Gasteiger partial charge in [-0.15, -0.1) is 0 Å². The van der Waals surface area contributed by atoms with Gasteiger partial charge in [0.05, 0.1) is 60.9 Å². The summed E-state index contributed by atoms with van der Waals surface area (Å²) >= 11 is 0. The summed E-state index contributed by atoms with van der Waals surface area (Å²) in [5.41, 5.74) is 3.09. The Morgan fingerprint density at radius 2 is 0.571 bits per heavy atom. The Morgan fingerprint density at radius 3 is 0.976 bits per heavy atom. The van der Waals surface area contributed by atoms with Crippen LogP contribution in [0.1, 0.15) is 68.5 Å². The summed E-state index contributed by atoms with van der Waals surface area (Å²) in [5, 5.41) is 0. The average molecular weight is 1130 g/mol. The minimum atomic E-state index is -1.88. The molecule has 10 rings (SSSR count). The summed E-state index contributed by atoms with van der Waals surface area (Å²) in [5.74, 6) is -4.39. The molecule has 0 spiro atoms. The van der Waals surface area contributed by atoms with Crippen molar-refractivity contribution < 1.29 is 76.1 Å². The van der Waals surface area contributed by atoms with E-state index >= 15 is 0 Å². The smallest absolute Gasteiger partial charge is 0.340 e. The molecular weight excluding hydrogens is 1070 g/mol.